The second-order valence-electron chi connectivity index (χ2n) is 14.9. The van der Waals surface area contributed by atoms with Crippen molar-refractivity contribution in [3.05, 3.63) is 132 Å². The minimum atomic E-state index is -1.68. The van der Waals surface area contributed by atoms with Crippen molar-refractivity contribution in [2.24, 2.45) is 5.73 Å². The van der Waals surface area contributed by atoms with Gasteiger partial charge in [-0.15, -0.1) is 0 Å². The molecule has 0 aliphatic carbocycles. The van der Waals surface area contributed by atoms with Crippen molar-refractivity contribution < 1.29 is 43.4 Å². The van der Waals surface area contributed by atoms with Crippen LogP contribution in [-0.2, 0) is 36.8 Å². The lowest BCUT2D eigenvalue weighted by Crippen LogP contribution is -2.59. The van der Waals surface area contributed by atoms with Crippen LogP contribution in [0.4, 0.5) is 15.3 Å². The molecule has 0 aliphatic rings. The van der Waals surface area contributed by atoms with Crippen LogP contribution in [0.5, 0.6) is 5.75 Å². The fraction of sp³-hybridized carbons (Fsp3) is 0.283. The molecule has 4 aromatic carbocycles. The normalized spacial score (nSPS) is 12.7. The number of anilines is 1. The number of para-hydroxylation sites is 3. The maximum absolute atomic E-state index is 14.3. The largest absolute Gasteiger partial charge is 0.481 e. The van der Waals surface area contributed by atoms with Crippen molar-refractivity contribution in [1.29, 1.82) is 0 Å². The lowest BCUT2D eigenvalue weighted by molar-refractivity contribution is -0.146. The minimum Gasteiger partial charge on any atom is -0.481 e. The summed E-state index contributed by atoms with van der Waals surface area (Å²) in [6.07, 6.45) is 0.480. The highest BCUT2D eigenvalue weighted by molar-refractivity contribution is 5.97. The lowest BCUT2D eigenvalue weighted by atomic mass is 10.0. The number of aliphatic carboxylic acids is 1. The smallest absolute Gasteiger partial charge is 0.413 e. The molecule has 0 fully saturated rings. The van der Waals surface area contributed by atoms with Crippen LogP contribution in [0.3, 0.4) is 0 Å². The number of hydrogen-bond acceptors (Lipinski definition) is 8. The molecule has 0 saturated heterocycles. The number of nitrogens with one attached hydrogen (secondary N) is 6. The summed E-state index contributed by atoms with van der Waals surface area (Å²) in [6.45, 7) is 2.05. The zero-order chi connectivity index (χ0) is 45.3. The molecule has 4 atom stereocenters. The van der Waals surface area contributed by atoms with Crippen molar-refractivity contribution in [1.82, 2.24) is 31.2 Å². The standard InChI is InChI=1S/C46H52N8O9/c1-29-15-9-11-21-34(29)52-45(61)48-24-14-13-23-36(42(58)51-38(27-40(55)56)44(60)54(2)39(41(47)57)25-30-16-5-3-6-17-30)50-43(59)37(53-46(62)63-32-18-7-4-8-19-32)26-31-28-49-35-22-12-10-20-33(31)35/h3-12,15-22,28,36-39,49H,13-14,23-27H2,1-2H3,(H2,47,57)(H,50,59)(H,51,58)(H,53,62)(H,55,56)(H2,48,52,61)/t36-,37-,38-,39-/m0/s1. The number of unbranched alkanes of at least 4 members (excludes halogenated alkanes) is 1. The van der Waals surface area contributed by atoms with E-state index in [0.29, 0.717) is 23.2 Å². The van der Waals surface area contributed by atoms with Gasteiger partial charge in [0.1, 0.15) is 29.9 Å². The van der Waals surface area contributed by atoms with Crippen LogP contribution >= 0.6 is 0 Å². The number of nitrogens with two attached hydrogens (primary N) is 1. The summed E-state index contributed by atoms with van der Waals surface area (Å²) in [6, 6.07) is 25.6. The van der Waals surface area contributed by atoms with Crippen LogP contribution in [0, 0.1) is 6.92 Å². The fourth-order valence-corrected chi connectivity index (χ4v) is 6.91. The molecule has 0 aliphatic heterocycles. The summed E-state index contributed by atoms with van der Waals surface area (Å²) in [5.74, 6) is -4.63. The average Bonchev–Trinajstić information content (AvgIpc) is 3.67. The number of H-pyrrole nitrogens is 1. The Kier molecular flexibility index (Phi) is 16.8. The molecular weight excluding hydrogens is 809 g/mol. The maximum Gasteiger partial charge on any atom is 0.413 e. The van der Waals surface area contributed by atoms with Crippen molar-refractivity contribution in [2.45, 2.75) is 69.6 Å². The quantitative estimate of drug-likeness (QED) is 0.0493. The third-order valence-electron chi connectivity index (χ3n) is 10.3. The van der Waals surface area contributed by atoms with Gasteiger partial charge in [-0.2, -0.15) is 0 Å². The van der Waals surface area contributed by atoms with E-state index >= 15 is 0 Å². The number of hydrogen-bond donors (Lipinski definition) is 8. The third kappa shape index (κ3) is 13.9. The fourth-order valence-electron chi connectivity index (χ4n) is 6.91. The second-order valence-corrected chi connectivity index (χ2v) is 14.9. The Labute approximate surface area is 364 Å². The van der Waals surface area contributed by atoms with Gasteiger partial charge in [0.2, 0.25) is 23.6 Å². The number of nitrogens with zero attached hydrogens (tertiary/aromatic N) is 1. The van der Waals surface area contributed by atoms with Gasteiger partial charge in [-0.25, -0.2) is 9.59 Å². The topological polar surface area (TPSA) is 254 Å². The van der Waals surface area contributed by atoms with E-state index in [1.807, 2.05) is 43.3 Å². The summed E-state index contributed by atoms with van der Waals surface area (Å²) >= 11 is 0. The molecule has 7 amide bonds. The zero-order valence-corrected chi connectivity index (χ0v) is 35.0. The Morgan fingerprint density at radius 3 is 2.08 bits per heavy atom. The molecule has 1 aromatic heterocycles. The first kappa shape index (κ1) is 46.4. The molecular formula is C46H52N8O9. The number of aromatic nitrogens is 1. The summed E-state index contributed by atoms with van der Waals surface area (Å²) in [5, 5.41) is 24.0. The van der Waals surface area contributed by atoms with E-state index in [1.54, 1.807) is 79.0 Å². The summed E-state index contributed by atoms with van der Waals surface area (Å²) in [5.41, 5.74) is 9.36. The summed E-state index contributed by atoms with van der Waals surface area (Å²) in [4.78, 5) is 97.1. The van der Waals surface area contributed by atoms with E-state index in [2.05, 4.69) is 31.6 Å². The van der Waals surface area contributed by atoms with Crippen LogP contribution in [0.25, 0.3) is 10.9 Å². The Bertz CT molecular complexity index is 2370. The van der Waals surface area contributed by atoms with Crippen molar-refractivity contribution in [3.8, 4) is 5.75 Å². The van der Waals surface area contributed by atoms with Crippen molar-refractivity contribution >= 4 is 58.3 Å². The molecule has 63 heavy (non-hydrogen) atoms. The summed E-state index contributed by atoms with van der Waals surface area (Å²) < 4.78 is 5.43. The number of likely N-dealkylation sites (N-methyl/N-ethyl adjacent to an activating group) is 1. The zero-order valence-electron chi connectivity index (χ0n) is 35.0. The molecule has 1 heterocycles. The number of carboxylic acids is 1. The monoisotopic (exact) mass is 860 g/mol. The maximum atomic E-state index is 14.3. The van der Waals surface area contributed by atoms with Gasteiger partial charge in [-0.05, 0) is 67.1 Å². The molecule has 0 radical (unpaired) electrons. The highest BCUT2D eigenvalue weighted by atomic mass is 16.6. The number of carbonyl (C=O) groups excluding carboxylic acids is 6. The predicted octanol–water partition coefficient (Wildman–Crippen LogP) is 4.17. The molecule has 17 nitrogen and oxygen atoms in total. The Hall–Kier alpha value is -7.69. The second kappa shape index (κ2) is 22.8. The number of aromatic amines is 1. The van der Waals surface area contributed by atoms with E-state index in [-0.39, 0.29) is 38.0 Å². The van der Waals surface area contributed by atoms with E-state index in [9.17, 15) is 38.7 Å². The number of amides is 7. The molecule has 17 heteroatoms. The number of rotatable bonds is 21. The Balaban J connectivity index is 1.36. The van der Waals surface area contributed by atoms with E-state index in [4.69, 9.17) is 10.5 Å². The van der Waals surface area contributed by atoms with Gasteiger partial charge in [0, 0.05) is 49.2 Å². The number of fused-ring (bicyclic) bond motifs is 1. The first-order valence-corrected chi connectivity index (χ1v) is 20.4. The van der Waals surface area contributed by atoms with Gasteiger partial charge in [0.25, 0.3) is 0 Å². The van der Waals surface area contributed by atoms with Gasteiger partial charge in [-0.3, -0.25) is 24.0 Å². The number of carbonyl (C=O) groups is 7. The number of benzene rings is 4. The van der Waals surface area contributed by atoms with Gasteiger partial charge in [0.15, 0.2) is 0 Å². The minimum absolute atomic E-state index is 0.0272. The molecule has 9 N–H and O–H groups in total. The van der Waals surface area contributed by atoms with Gasteiger partial charge < -0.3 is 52.0 Å². The van der Waals surface area contributed by atoms with Gasteiger partial charge in [-0.1, -0.05) is 84.9 Å². The van der Waals surface area contributed by atoms with Crippen molar-refractivity contribution in [3.63, 3.8) is 0 Å². The predicted molar refractivity (Wildman–Crippen MR) is 235 cm³/mol. The van der Waals surface area contributed by atoms with Crippen molar-refractivity contribution in [2.75, 3.05) is 18.9 Å². The van der Waals surface area contributed by atoms with Crippen LogP contribution in [-0.4, -0.2) is 94.5 Å². The van der Waals surface area contributed by atoms with Crippen LogP contribution < -0.4 is 37.1 Å². The molecule has 330 valence electrons. The lowest BCUT2D eigenvalue weighted by Gasteiger charge is -2.30. The molecule has 0 spiro atoms. The van der Waals surface area contributed by atoms with E-state index in [1.165, 1.54) is 7.05 Å². The first-order chi connectivity index (χ1) is 30.3. The third-order valence-corrected chi connectivity index (χ3v) is 10.3. The number of primary amides is 1. The first-order valence-electron chi connectivity index (χ1n) is 20.4. The Morgan fingerprint density at radius 1 is 0.746 bits per heavy atom. The number of aryl methyl sites for hydroxylation is 1. The number of urea groups is 1. The SMILES string of the molecule is Cc1ccccc1NC(=O)NCCCC[C@H](NC(=O)[C@H](Cc1c[nH]c2ccccc12)NC(=O)Oc1ccccc1)C(=O)N[C@@H](CC(=O)O)C(=O)N(C)[C@@H](Cc1ccccc1)C(N)=O. The highest BCUT2D eigenvalue weighted by Crippen LogP contribution is 2.20. The molecule has 5 rings (SSSR count). The average molecular weight is 861 g/mol. The van der Waals surface area contributed by atoms with Crippen LogP contribution in [0.2, 0.25) is 0 Å². The highest BCUT2D eigenvalue weighted by Gasteiger charge is 2.35. The molecule has 0 bridgehead atoms. The summed E-state index contributed by atoms with van der Waals surface area (Å²) in [7, 11) is 1.29. The molecule has 0 saturated carbocycles. The van der Waals surface area contributed by atoms with Gasteiger partial charge >= 0.3 is 18.1 Å². The Morgan fingerprint density at radius 2 is 1.38 bits per heavy atom. The number of carboxylic acid groups (broad SMARTS) is 1. The van der Waals surface area contributed by atoms with Gasteiger partial charge in [0.05, 0.1) is 6.42 Å². The number of ether oxygens (including phenoxy) is 1. The van der Waals surface area contributed by atoms with E-state index in [0.717, 1.165) is 21.4 Å². The van der Waals surface area contributed by atoms with Crippen LogP contribution in [0.1, 0.15) is 42.4 Å². The van der Waals surface area contributed by atoms with E-state index < -0.39 is 72.3 Å². The molecule has 0 unspecified atom stereocenters. The molecule has 5 aromatic rings. The van der Waals surface area contributed by atoms with Crippen LogP contribution in [0.15, 0.2) is 115 Å².